The van der Waals surface area contributed by atoms with Gasteiger partial charge < -0.3 is 5.73 Å². The summed E-state index contributed by atoms with van der Waals surface area (Å²) in [6.07, 6.45) is 0.698. The minimum Gasteiger partial charge on any atom is -0.330 e. The van der Waals surface area contributed by atoms with Gasteiger partial charge in [-0.3, -0.25) is 0 Å². The summed E-state index contributed by atoms with van der Waals surface area (Å²) in [4.78, 5) is -0.256. The molecule has 1 heterocycles. The Kier molecular flexibility index (Phi) is 4.37. The van der Waals surface area contributed by atoms with Crippen LogP contribution in [0.15, 0.2) is 17.0 Å². The molecule has 2 rings (SSSR count). The number of halogens is 3. The van der Waals surface area contributed by atoms with E-state index in [0.717, 1.165) is 0 Å². The van der Waals surface area contributed by atoms with Crippen molar-refractivity contribution in [2.24, 2.45) is 11.7 Å². The molecule has 1 atom stereocenters. The van der Waals surface area contributed by atoms with Crippen LogP contribution in [-0.4, -0.2) is 32.4 Å². The third-order valence-electron chi connectivity index (χ3n) is 3.20. The Morgan fingerprint density at radius 2 is 2.11 bits per heavy atom. The highest BCUT2D eigenvalue weighted by Crippen LogP contribution is 2.33. The maximum absolute atomic E-state index is 13.6. The molecule has 0 saturated carbocycles. The SMILES string of the molecule is NCC1CCN(S(=O)(=O)c2ccc(Cl)c(F)c2Cl)C1. The van der Waals surface area contributed by atoms with Crippen LogP contribution in [-0.2, 0) is 10.0 Å². The Morgan fingerprint density at radius 3 is 2.68 bits per heavy atom. The van der Waals surface area contributed by atoms with E-state index in [4.69, 9.17) is 28.9 Å². The van der Waals surface area contributed by atoms with E-state index in [1.54, 1.807) is 0 Å². The van der Waals surface area contributed by atoms with Crippen LogP contribution in [0.25, 0.3) is 0 Å². The number of hydrogen-bond donors (Lipinski definition) is 1. The Hall–Kier alpha value is -0.400. The molecule has 0 bridgehead atoms. The van der Waals surface area contributed by atoms with Gasteiger partial charge in [0.05, 0.1) is 10.0 Å². The van der Waals surface area contributed by atoms with E-state index in [9.17, 15) is 12.8 Å². The zero-order valence-corrected chi connectivity index (χ0v) is 12.3. The maximum atomic E-state index is 13.6. The summed E-state index contributed by atoms with van der Waals surface area (Å²) < 4.78 is 39.6. The van der Waals surface area contributed by atoms with Gasteiger partial charge in [-0.2, -0.15) is 4.31 Å². The topological polar surface area (TPSA) is 63.4 Å². The van der Waals surface area contributed by atoms with Crippen molar-refractivity contribution in [3.8, 4) is 0 Å². The first-order valence-corrected chi connectivity index (χ1v) is 7.91. The highest BCUT2D eigenvalue weighted by molar-refractivity contribution is 7.89. The van der Waals surface area contributed by atoms with Gasteiger partial charge in [-0.1, -0.05) is 23.2 Å². The molecule has 4 nitrogen and oxygen atoms in total. The molecule has 19 heavy (non-hydrogen) atoms. The molecule has 1 saturated heterocycles. The third-order valence-corrected chi connectivity index (χ3v) is 5.88. The number of nitrogens with zero attached hydrogens (tertiary/aromatic N) is 1. The molecule has 1 aromatic carbocycles. The van der Waals surface area contributed by atoms with Crippen molar-refractivity contribution >= 4 is 33.2 Å². The van der Waals surface area contributed by atoms with Crippen LogP contribution in [0.3, 0.4) is 0 Å². The lowest BCUT2D eigenvalue weighted by Crippen LogP contribution is -2.30. The molecule has 0 amide bonds. The third kappa shape index (κ3) is 2.73. The number of sulfonamides is 1. The monoisotopic (exact) mass is 326 g/mol. The molecule has 2 N–H and O–H groups in total. The van der Waals surface area contributed by atoms with Gasteiger partial charge >= 0.3 is 0 Å². The standard InChI is InChI=1S/C11H13Cl2FN2O2S/c12-8-1-2-9(10(13)11(8)14)19(17,18)16-4-3-7(5-15)6-16/h1-2,7H,3-6,15H2. The zero-order valence-electron chi connectivity index (χ0n) is 9.94. The van der Waals surface area contributed by atoms with E-state index < -0.39 is 20.9 Å². The second-order valence-electron chi connectivity index (χ2n) is 4.43. The van der Waals surface area contributed by atoms with E-state index in [1.807, 2.05) is 0 Å². The molecule has 0 spiro atoms. The van der Waals surface area contributed by atoms with Crippen LogP contribution in [0.1, 0.15) is 6.42 Å². The molecule has 0 aromatic heterocycles. The largest absolute Gasteiger partial charge is 0.330 e. The van der Waals surface area contributed by atoms with Crippen LogP contribution in [0.4, 0.5) is 4.39 Å². The molecular formula is C11H13Cl2FN2O2S. The summed E-state index contributed by atoms with van der Waals surface area (Å²) in [7, 11) is -3.80. The Balaban J connectivity index is 2.38. The van der Waals surface area contributed by atoms with E-state index >= 15 is 0 Å². The maximum Gasteiger partial charge on any atom is 0.244 e. The van der Waals surface area contributed by atoms with Gasteiger partial charge in [0.15, 0.2) is 5.82 Å². The first kappa shape index (κ1) is 15.0. The van der Waals surface area contributed by atoms with Crippen molar-refractivity contribution in [1.82, 2.24) is 4.31 Å². The van der Waals surface area contributed by atoms with Crippen molar-refractivity contribution in [3.63, 3.8) is 0 Å². The van der Waals surface area contributed by atoms with Crippen molar-refractivity contribution in [2.45, 2.75) is 11.3 Å². The van der Waals surface area contributed by atoms with Crippen LogP contribution in [0.2, 0.25) is 10.0 Å². The highest BCUT2D eigenvalue weighted by Gasteiger charge is 2.34. The van der Waals surface area contributed by atoms with Crippen LogP contribution >= 0.6 is 23.2 Å². The van der Waals surface area contributed by atoms with E-state index in [0.29, 0.717) is 26.1 Å². The fourth-order valence-corrected chi connectivity index (χ4v) is 4.30. The van der Waals surface area contributed by atoms with E-state index in [1.165, 1.54) is 16.4 Å². The van der Waals surface area contributed by atoms with Gasteiger partial charge in [0.1, 0.15) is 4.90 Å². The fraction of sp³-hybridized carbons (Fsp3) is 0.455. The van der Waals surface area contributed by atoms with E-state index in [-0.39, 0.29) is 15.8 Å². The van der Waals surface area contributed by atoms with Gasteiger partial charge in [-0.15, -0.1) is 0 Å². The second-order valence-corrected chi connectivity index (χ2v) is 7.12. The van der Waals surface area contributed by atoms with Crippen molar-refractivity contribution < 1.29 is 12.8 Å². The number of hydrogen-bond acceptors (Lipinski definition) is 3. The van der Waals surface area contributed by atoms with Gasteiger partial charge in [0.2, 0.25) is 10.0 Å². The lowest BCUT2D eigenvalue weighted by Gasteiger charge is -2.17. The van der Waals surface area contributed by atoms with Crippen molar-refractivity contribution in [2.75, 3.05) is 19.6 Å². The first-order chi connectivity index (χ1) is 8.87. The molecule has 1 aliphatic rings. The minimum atomic E-state index is -3.80. The van der Waals surface area contributed by atoms with E-state index in [2.05, 4.69) is 0 Å². The van der Waals surface area contributed by atoms with Crippen LogP contribution in [0, 0.1) is 11.7 Å². The first-order valence-electron chi connectivity index (χ1n) is 5.71. The summed E-state index contributed by atoms with van der Waals surface area (Å²) in [6.45, 7) is 1.12. The number of benzene rings is 1. The number of rotatable bonds is 3. The second kappa shape index (κ2) is 5.54. The predicted molar refractivity (Wildman–Crippen MR) is 72.3 cm³/mol. The average molecular weight is 327 g/mol. The zero-order chi connectivity index (χ0) is 14.2. The molecule has 1 aromatic rings. The van der Waals surface area contributed by atoms with Crippen molar-refractivity contribution in [3.05, 3.63) is 28.0 Å². The average Bonchev–Trinajstić information content (AvgIpc) is 2.85. The summed E-state index contributed by atoms with van der Waals surface area (Å²) in [5, 5.41) is -0.672. The van der Waals surface area contributed by atoms with Crippen LogP contribution in [0.5, 0.6) is 0 Å². The highest BCUT2D eigenvalue weighted by atomic mass is 35.5. The molecule has 0 aliphatic carbocycles. The summed E-state index contributed by atoms with van der Waals surface area (Å²) in [6, 6.07) is 2.41. The lowest BCUT2D eigenvalue weighted by molar-refractivity contribution is 0.458. The molecule has 8 heteroatoms. The fourth-order valence-electron chi connectivity index (χ4n) is 2.05. The summed E-state index contributed by atoms with van der Waals surface area (Å²) >= 11 is 11.3. The Morgan fingerprint density at radius 1 is 1.42 bits per heavy atom. The van der Waals surface area contributed by atoms with Gasteiger partial charge in [-0.05, 0) is 31.0 Å². The predicted octanol–water partition coefficient (Wildman–Crippen LogP) is 2.10. The smallest absolute Gasteiger partial charge is 0.244 e. The summed E-state index contributed by atoms with van der Waals surface area (Å²) in [5.74, 6) is -0.787. The molecule has 0 radical (unpaired) electrons. The number of nitrogens with two attached hydrogens (primary N) is 1. The van der Waals surface area contributed by atoms with Crippen molar-refractivity contribution in [1.29, 1.82) is 0 Å². The van der Waals surface area contributed by atoms with Gasteiger partial charge in [0, 0.05) is 13.1 Å². The lowest BCUT2D eigenvalue weighted by atomic mass is 10.1. The minimum absolute atomic E-state index is 0.130. The van der Waals surface area contributed by atoms with Gasteiger partial charge in [0.25, 0.3) is 0 Å². The molecule has 1 aliphatic heterocycles. The molecule has 106 valence electrons. The Bertz CT molecular complexity index is 595. The molecule has 1 unspecified atom stereocenters. The van der Waals surface area contributed by atoms with Crippen LogP contribution < -0.4 is 5.73 Å². The van der Waals surface area contributed by atoms with Gasteiger partial charge in [-0.25, -0.2) is 12.8 Å². The molecular weight excluding hydrogens is 314 g/mol. The Labute approximate surface area is 121 Å². The summed E-state index contributed by atoms with van der Waals surface area (Å²) in [5.41, 5.74) is 5.53. The quantitative estimate of drug-likeness (QED) is 0.865. The molecule has 1 fully saturated rings. The normalized spacial score (nSPS) is 20.9.